The van der Waals surface area contributed by atoms with Crippen molar-refractivity contribution >= 4 is 32.3 Å². The minimum atomic E-state index is 0.692. The Morgan fingerprint density at radius 3 is 1.51 bits per heavy atom. The zero-order valence-electron chi connectivity index (χ0n) is 32.9. The van der Waals surface area contributed by atoms with E-state index in [-0.39, 0.29) is 0 Å². The van der Waals surface area contributed by atoms with Gasteiger partial charge in [0.15, 0.2) is 5.82 Å². The summed E-state index contributed by atoms with van der Waals surface area (Å²) in [6.45, 7) is 0. The quantitative estimate of drug-likeness (QED) is 0.153. The van der Waals surface area contributed by atoms with Crippen molar-refractivity contribution in [1.82, 2.24) is 24.9 Å². The van der Waals surface area contributed by atoms with Gasteiger partial charge in [0, 0.05) is 73.0 Å². The Labute approximate surface area is 357 Å². The van der Waals surface area contributed by atoms with Crippen LogP contribution in [0.15, 0.2) is 213 Å². The van der Waals surface area contributed by atoms with Gasteiger partial charge < -0.3 is 0 Å². The molecule has 0 aliphatic rings. The van der Waals surface area contributed by atoms with Crippen LogP contribution in [0.5, 0.6) is 0 Å². The summed E-state index contributed by atoms with van der Waals surface area (Å²) in [5, 5.41) is 2.28. The van der Waals surface area contributed by atoms with Crippen LogP contribution in [0.3, 0.4) is 0 Å². The second-order valence-electron chi connectivity index (χ2n) is 14.9. The molecule has 0 fully saturated rings. The molecule has 5 heterocycles. The summed E-state index contributed by atoms with van der Waals surface area (Å²) in [6, 6.07) is 65.6. The number of pyridine rings is 3. The Hall–Kier alpha value is -7.93. The summed E-state index contributed by atoms with van der Waals surface area (Å²) < 4.78 is 1.21. The molecule has 61 heavy (non-hydrogen) atoms. The van der Waals surface area contributed by atoms with Gasteiger partial charge in [0.25, 0.3) is 0 Å². The second kappa shape index (κ2) is 15.7. The number of thiophene rings is 1. The lowest BCUT2D eigenvalue weighted by atomic mass is 9.94. The van der Waals surface area contributed by atoms with E-state index in [9.17, 15) is 0 Å². The predicted molar refractivity (Wildman–Crippen MR) is 252 cm³/mol. The van der Waals surface area contributed by atoms with Gasteiger partial charge in [-0.05, 0) is 75.8 Å². The molecule has 0 unspecified atom stereocenters. The third-order valence-electron chi connectivity index (χ3n) is 11.1. The van der Waals surface area contributed by atoms with Crippen molar-refractivity contribution in [3.05, 3.63) is 213 Å². The first-order valence-electron chi connectivity index (χ1n) is 20.2. The molecule has 0 N–H and O–H groups in total. The molecular formula is C55H35N5S. The van der Waals surface area contributed by atoms with Gasteiger partial charge >= 0.3 is 0 Å². The number of fused-ring (bicyclic) bond motifs is 3. The summed E-state index contributed by atoms with van der Waals surface area (Å²) in [5.41, 5.74) is 15.7. The van der Waals surface area contributed by atoms with Crippen molar-refractivity contribution in [3.8, 4) is 89.0 Å². The molecule has 286 valence electrons. The van der Waals surface area contributed by atoms with Crippen LogP contribution in [0.2, 0.25) is 0 Å². The van der Waals surface area contributed by atoms with Crippen LogP contribution >= 0.6 is 11.3 Å². The highest BCUT2D eigenvalue weighted by molar-refractivity contribution is 7.24. The summed E-state index contributed by atoms with van der Waals surface area (Å²) in [6.07, 6.45) is 7.45. The second-order valence-corrected chi connectivity index (χ2v) is 15.9. The maximum absolute atomic E-state index is 5.41. The van der Waals surface area contributed by atoms with Gasteiger partial charge in [-0.1, -0.05) is 146 Å². The molecule has 0 amide bonds. The van der Waals surface area contributed by atoms with Crippen molar-refractivity contribution in [1.29, 1.82) is 0 Å². The highest BCUT2D eigenvalue weighted by Crippen LogP contribution is 2.50. The molecule has 0 spiro atoms. The fourth-order valence-corrected chi connectivity index (χ4v) is 9.46. The lowest BCUT2D eigenvalue weighted by Crippen LogP contribution is -1.96. The van der Waals surface area contributed by atoms with Crippen LogP contribution in [0, 0.1) is 0 Å². The molecule has 5 aromatic heterocycles. The first kappa shape index (κ1) is 36.2. The zero-order valence-corrected chi connectivity index (χ0v) is 33.7. The number of rotatable bonds is 8. The monoisotopic (exact) mass is 797 g/mol. The highest BCUT2D eigenvalue weighted by atomic mass is 32.1. The van der Waals surface area contributed by atoms with Crippen molar-refractivity contribution in [3.63, 3.8) is 0 Å². The van der Waals surface area contributed by atoms with Gasteiger partial charge in [-0.2, -0.15) is 0 Å². The van der Waals surface area contributed by atoms with Crippen LogP contribution in [-0.2, 0) is 0 Å². The van der Waals surface area contributed by atoms with Crippen molar-refractivity contribution in [2.45, 2.75) is 0 Å². The summed E-state index contributed by atoms with van der Waals surface area (Å²) >= 11 is 1.81. The van der Waals surface area contributed by atoms with E-state index >= 15 is 0 Å². The number of nitrogens with zero attached hydrogens (tertiary/aromatic N) is 5. The van der Waals surface area contributed by atoms with E-state index in [4.69, 9.17) is 15.0 Å². The number of hydrogen-bond acceptors (Lipinski definition) is 6. The normalized spacial score (nSPS) is 11.3. The van der Waals surface area contributed by atoms with Gasteiger partial charge in [-0.25, -0.2) is 15.0 Å². The van der Waals surface area contributed by atoms with E-state index in [0.717, 1.165) is 83.4 Å². The zero-order chi connectivity index (χ0) is 40.5. The number of benzene rings is 6. The molecule has 0 bridgehead atoms. The average molecular weight is 798 g/mol. The Bertz CT molecular complexity index is 3320. The van der Waals surface area contributed by atoms with Crippen LogP contribution < -0.4 is 0 Å². The van der Waals surface area contributed by atoms with Crippen LogP contribution in [-0.4, -0.2) is 24.9 Å². The first-order chi connectivity index (χ1) is 30.2. The minimum Gasteiger partial charge on any atom is -0.265 e. The third kappa shape index (κ3) is 6.95. The van der Waals surface area contributed by atoms with Gasteiger partial charge in [0.1, 0.15) is 0 Å². The first-order valence-corrected chi connectivity index (χ1v) is 21.0. The van der Waals surface area contributed by atoms with Crippen molar-refractivity contribution in [2.75, 3.05) is 0 Å². The van der Waals surface area contributed by atoms with Gasteiger partial charge in [-0.3, -0.25) is 9.97 Å². The molecule has 6 heteroatoms. The van der Waals surface area contributed by atoms with Crippen molar-refractivity contribution in [2.24, 2.45) is 0 Å². The molecule has 11 aromatic rings. The van der Waals surface area contributed by atoms with E-state index in [1.165, 1.54) is 20.7 Å². The van der Waals surface area contributed by atoms with Crippen LogP contribution in [0.1, 0.15) is 0 Å². The molecule has 5 nitrogen and oxygen atoms in total. The summed E-state index contributed by atoms with van der Waals surface area (Å²) in [7, 11) is 0. The van der Waals surface area contributed by atoms with E-state index in [1.807, 2.05) is 60.4 Å². The Morgan fingerprint density at radius 1 is 0.344 bits per heavy atom. The van der Waals surface area contributed by atoms with Gasteiger partial charge in [0.2, 0.25) is 0 Å². The Kier molecular flexibility index (Phi) is 9.30. The molecule has 6 aromatic carbocycles. The molecular weight excluding hydrogens is 763 g/mol. The molecule has 0 radical (unpaired) electrons. The number of para-hydroxylation sites is 1. The van der Waals surface area contributed by atoms with E-state index in [0.29, 0.717) is 5.82 Å². The summed E-state index contributed by atoms with van der Waals surface area (Å²) in [5.74, 6) is 0.692. The molecule has 11 rings (SSSR count). The lowest BCUT2D eigenvalue weighted by Gasteiger charge is -2.12. The van der Waals surface area contributed by atoms with Gasteiger partial charge in [-0.15, -0.1) is 11.3 Å². The fraction of sp³-hybridized carbons (Fsp3) is 0. The fourth-order valence-electron chi connectivity index (χ4n) is 8.10. The average Bonchev–Trinajstić information content (AvgIpc) is 3.76. The lowest BCUT2D eigenvalue weighted by molar-refractivity contribution is 1.18. The number of hydrogen-bond donors (Lipinski definition) is 0. The molecule has 0 saturated heterocycles. The predicted octanol–water partition coefficient (Wildman–Crippen LogP) is 14.4. The summed E-state index contributed by atoms with van der Waals surface area (Å²) in [4.78, 5) is 25.4. The topological polar surface area (TPSA) is 64.5 Å². The SMILES string of the molecule is c1ccc(-c2ccc(-c3cc(-c4ccc(-c5cccc(-c6nc7ccccc7c7sc(-c8ccncc8)c(-c8ccncc8)c67)c5)cc4)nc(-c4ccccc4)n3)cc2)cc1. The maximum Gasteiger partial charge on any atom is 0.160 e. The van der Waals surface area contributed by atoms with Crippen LogP contribution in [0.25, 0.3) is 110 Å². The molecule has 0 aliphatic carbocycles. The van der Waals surface area contributed by atoms with E-state index in [2.05, 4.69) is 174 Å². The number of aromatic nitrogens is 5. The third-order valence-corrected chi connectivity index (χ3v) is 12.4. The molecule has 0 atom stereocenters. The van der Waals surface area contributed by atoms with Crippen LogP contribution in [0.4, 0.5) is 0 Å². The maximum atomic E-state index is 5.41. The van der Waals surface area contributed by atoms with E-state index < -0.39 is 0 Å². The smallest absolute Gasteiger partial charge is 0.160 e. The standard InChI is InChI=1S/C55H35N5S/c1-3-10-36(11-4-1)37-18-22-39(23-19-37)48-35-49(60-55(59-48)43-12-5-2-6-13-43)40-24-20-38(21-25-40)44-14-9-15-45(34-44)52-51-50(41-26-30-56-31-27-41)53(42-28-32-57-33-29-42)61-54(51)46-16-7-8-17-47(46)58-52/h1-35H. The largest absolute Gasteiger partial charge is 0.265 e. The molecule has 0 aliphatic heterocycles. The van der Waals surface area contributed by atoms with Crippen molar-refractivity contribution < 1.29 is 0 Å². The Morgan fingerprint density at radius 2 is 0.852 bits per heavy atom. The minimum absolute atomic E-state index is 0.692. The highest BCUT2D eigenvalue weighted by Gasteiger charge is 2.23. The van der Waals surface area contributed by atoms with E-state index in [1.54, 1.807) is 0 Å². The Balaban J connectivity index is 1.00. The molecule has 0 saturated carbocycles. The van der Waals surface area contributed by atoms with Gasteiger partial charge in [0.05, 0.1) is 22.6 Å².